The Labute approximate surface area is 191 Å². The van der Waals surface area contributed by atoms with Gasteiger partial charge in [0.05, 0.1) is 10.6 Å². The quantitative estimate of drug-likeness (QED) is 0.470. The fraction of sp³-hybridized carbons (Fsp3) is 0.160. The van der Waals surface area contributed by atoms with Crippen LogP contribution < -0.4 is 0 Å². The minimum atomic E-state index is -3.84. The number of carbonyl (C=O) groups is 1. The van der Waals surface area contributed by atoms with Gasteiger partial charge in [-0.3, -0.25) is 9.10 Å². The Balaban J connectivity index is 1.91. The van der Waals surface area contributed by atoms with Crippen LogP contribution in [0.25, 0.3) is 5.70 Å². The van der Waals surface area contributed by atoms with Crippen molar-refractivity contribution < 1.29 is 13.2 Å². The van der Waals surface area contributed by atoms with Crippen molar-refractivity contribution in [3.05, 3.63) is 107 Å². The topological polar surface area (TPSA) is 54.5 Å². The first-order valence-corrected chi connectivity index (χ1v) is 12.2. The molecule has 1 heterocycles. The van der Waals surface area contributed by atoms with Gasteiger partial charge >= 0.3 is 0 Å². The van der Waals surface area contributed by atoms with Gasteiger partial charge in [-0.2, -0.15) is 0 Å². The molecule has 0 saturated carbocycles. The maximum Gasteiger partial charge on any atom is 0.264 e. The summed E-state index contributed by atoms with van der Waals surface area (Å²) in [4.78, 5) is 12.9. The van der Waals surface area contributed by atoms with Gasteiger partial charge in [0.15, 0.2) is 0 Å². The molecule has 0 aliphatic carbocycles. The van der Waals surface area contributed by atoms with E-state index in [1.807, 2.05) is 60.7 Å². The summed E-state index contributed by atoms with van der Waals surface area (Å²) < 4.78 is 29.5. The van der Waals surface area contributed by atoms with E-state index in [-0.39, 0.29) is 23.1 Å². The van der Waals surface area contributed by atoms with Gasteiger partial charge in [0.25, 0.3) is 10.0 Å². The summed E-state index contributed by atoms with van der Waals surface area (Å²) in [6.07, 6.45) is 1.92. The van der Waals surface area contributed by atoms with Crippen LogP contribution in [0.15, 0.2) is 100 Å². The number of sulfonamides is 1. The molecule has 4 rings (SSSR count). The van der Waals surface area contributed by atoms with Gasteiger partial charge in [0.1, 0.15) is 5.78 Å². The largest absolute Gasteiger partial charge is 0.300 e. The first kappa shape index (κ1) is 21.5. The van der Waals surface area contributed by atoms with Gasteiger partial charge in [-0.25, -0.2) is 8.42 Å². The summed E-state index contributed by atoms with van der Waals surface area (Å²) in [6, 6.07) is 25.6. The van der Waals surface area contributed by atoms with Crippen molar-refractivity contribution in [3.8, 4) is 0 Å². The number of hydrogen-bond donors (Lipinski definition) is 0. The Morgan fingerprint density at radius 1 is 0.935 bits per heavy atom. The lowest BCUT2D eigenvalue weighted by Crippen LogP contribution is -2.41. The van der Waals surface area contributed by atoms with E-state index in [2.05, 4.69) is 15.9 Å². The summed E-state index contributed by atoms with van der Waals surface area (Å²) in [6.45, 7) is 1.62. The van der Waals surface area contributed by atoms with Crippen molar-refractivity contribution in [2.75, 3.05) is 6.54 Å². The molecule has 0 saturated heterocycles. The zero-order valence-corrected chi connectivity index (χ0v) is 19.4. The van der Waals surface area contributed by atoms with Crippen molar-refractivity contribution >= 4 is 37.4 Å². The van der Waals surface area contributed by atoms with Gasteiger partial charge in [0, 0.05) is 22.9 Å². The Morgan fingerprint density at radius 3 is 2.19 bits per heavy atom. The molecule has 0 spiro atoms. The molecule has 0 bridgehead atoms. The molecule has 158 valence electrons. The molecular weight excluding hydrogens is 474 g/mol. The minimum Gasteiger partial charge on any atom is -0.300 e. The molecule has 31 heavy (non-hydrogen) atoms. The van der Waals surface area contributed by atoms with Crippen LogP contribution in [0.4, 0.5) is 0 Å². The van der Waals surface area contributed by atoms with Gasteiger partial charge < -0.3 is 0 Å². The number of Topliss-reactive ketones (excluding diaryl/α,β-unsaturated/α-hetero) is 1. The lowest BCUT2D eigenvalue weighted by molar-refractivity contribution is -0.121. The van der Waals surface area contributed by atoms with E-state index in [0.29, 0.717) is 5.70 Å². The van der Waals surface area contributed by atoms with Crippen molar-refractivity contribution in [1.82, 2.24) is 4.31 Å². The zero-order chi connectivity index (χ0) is 22.0. The molecule has 3 aromatic rings. The van der Waals surface area contributed by atoms with Gasteiger partial charge in [-0.05, 0) is 42.3 Å². The summed E-state index contributed by atoms with van der Waals surface area (Å²) >= 11 is 3.51. The standard InChI is InChI=1S/C25H22BrNO3S/c1-18(28)24-17-27(31(29,30)22-13-6-3-7-14-22)25(19-9-4-2-5-10-19)16-23(24)20-11-8-12-21(26)15-20/h2-16,23-24H,17H2,1H3/t23-,24-/m1/s1. The van der Waals surface area contributed by atoms with Gasteiger partial charge in [0.2, 0.25) is 0 Å². The van der Waals surface area contributed by atoms with Crippen LogP contribution in [0.2, 0.25) is 0 Å². The Morgan fingerprint density at radius 2 is 1.58 bits per heavy atom. The first-order valence-electron chi connectivity index (χ1n) is 9.99. The van der Waals surface area contributed by atoms with Crippen LogP contribution in [-0.2, 0) is 14.8 Å². The Bertz CT molecular complexity index is 1220. The Hall–Kier alpha value is -2.70. The van der Waals surface area contributed by atoms with Gasteiger partial charge in [-0.15, -0.1) is 0 Å². The highest BCUT2D eigenvalue weighted by Gasteiger charge is 2.39. The predicted molar refractivity (Wildman–Crippen MR) is 126 cm³/mol. The molecule has 0 aromatic heterocycles. The normalized spacial score (nSPS) is 19.0. The van der Waals surface area contributed by atoms with Gasteiger partial charge in [-0.1, -0.05) is 82.7 Å². The van der Waals surface area contributed by atoms with Crippen molar-refractivity contribution in [2.45, 2.75) is 17.7 Å². The van der Waals surface area contributed by atoms with E-state index < -0.39 is 15.9 Å². The highest BCUT2D eigenvalue weighted by molar-refractivity contribution is 9.10. The summed E-state index contributed by atoms with van der Waals surface area (Å²) in [7, 11) is -3.84. The van der Waals surface area contributed by atoms with E-state index in [1.54, 1.807) is 30.3 Å². The third-order valence-electron chi connectivity index (χ3n) is 5.56. The number of nitrogens with zero attached hydrogens (tertiary/aromatic N) is 1. The molecule has 0 fully saturated rings. The Kier molecular flexibility index (Phi) is 6.12. The van der Waals surface area contributed by atoms with E-state index in [9.17, 15) is 13.2 Å². The molecule has 1 aliphatic rings. The molecule has 2 atom stereocenters. The molecule has 0 unspecified atom stereocenters. The van der Waals surface area contributed by atoms with Crippen LogP contribution >= 0.6 is 15.9 Å². The van der Waals surface area contributed by atoms with Crippen LogP contribution in [0, 0.1) is 5.92 Å². The summed E-state index contributed by atoms with van der Waals surface area (Å²) in [5, 5.41) is 0. The van der Waals surface area contributed by atoms with E-state index >= 15 is 0 Å². The SMILES string of the molecule is CC(=O)[C@H]1CN(S(=O)(=O)c2ccccc2)C(c2ccccc2)=C[C@@H]1c1cccc(Br)c1. The van der Waals surface area contributed by atoms with Crippen molar-refractivity contribution in [2.24, 2.45) is 5.92 Å². The first-order chi connectivity index (χ1) is 14.9. The van der Waals surface area contributed by atoms with Crippen molar-refractivity contribution in [1.29, 1.82) is 0 Å². The summed E-state index contributed by atoms with van der Waals surface area (Å²) in [5.41, 5.74) is 2.36. The average Bonchev–Trinajstić information content (AvgIpc) is 2.79. The number of ketones is 1. The summed E-state index contributed by atoms with van der Waals surface area (Å²) in [5.74, 6) is -0.755. The predicted octanol–water partition coefficient (Wildman–Crippen LogP) is 5.48. The molecule has 0 radical (unpaired) electrons. The maximum atomic E-state index is 13.6. The fourth-order valence-electron chi connectivity index (χ4n) is 3.98. The number of benzene rings is 3. The molecule has 6 heteroatoms. The minimum absolute atomic E-state index is 0.0402. The highest BCUT2D eigenvalue weighted by Crippen LogP contribution is 2.40. The third kappa shape index (κ3) is 4.36. The number of halogens is 1. The molecule has 0 amide bonds. The maximum absolute atomic E-state index is 13.6. The molecule has 1 aliphatic heterocycles. The molecular formula is C25H22BrNO3S. The average molecular weight is 496 g/mol. The second kappa shape index (κ2) is 8.81. The molecule has 0 N–H and O–H groups in total. The van der Waals surface area contributed by atoms with E-state index in [4.69, 9.17) is 0 Å². The smallest absolute Gasteiger partial charge is 0.264 e. The van der Waals surface area contributed by atoms with Crippen LogP contribution in [0.1, 0.15) is 24.0 Å². The number of carbonyl (C=O) groups excluding carboxylic acids is 1. The van der Waals surface area contributed by atoms with Crippen molar-refractivity contribution in [3.63, 3.8) is 0 Å². The second-order valence-corrected chi connectivity index (χ2v) is 10.3. The highest BCUT2D eigenvalue weighted by atomic mass is 79.9. The van der Waals surface area contributed by atoms with E-state index in [1.165, 1.54) is 11.2 Å². The van der Waals surface area contributed by atoms with Crippen LogP contribution in [0.5, 0.6) is 0 Å². The zero-order valence-electron chi connectivity index (χ0n) is 17.0. The van der Waals surface area contributed by atoms with E-state index in [0.717, 1.165) is 15.6 Å². The number of rotatable bonds is 5. The monoisotopic (exact) mass is 495 g/mol. The number of allylic oxidation sites excluding steroid dienone is 1. The molecule has 3 aromatic carbocycles. The van der Waals surface area contributed by atoms with Crippen LogP contribution in [0.3, 0.4) is 0 Å². The lowest BCUT2D eigenvalue weighted by Gasteiger charge is -2.38. The van der Waals surface area contributed by atoms with Crippen LogP contribution in [-0.4, -0.2) is 25.1 Å². The molecule has 4 nitrogen and oxygen atoms in total. The third-order valence-corrected chi connectivity index (χ3v) is 7.85. The lowest BCUT2D eigenvalue weighted by atomic mass is 9.80. The second-order valence-electron chi connectivity index (χ2n) is 7.57. The fourth-order valence-corrected chi connectivity index (χ4v) is 5.93. The number of hydrogen-bond acceptors (Lipinski definition) is 3.